The molecule has 0 spiro atoms. The number of benzene rings is 2. The van der Waals surface area contributed by atoms with Crippen LogP contribution in [0.15, 0.2) is 52.9 Å². The molecule has 1 heterocycles. The van der Waals surface area contributed by atoms with Gasteiger partial charge in [-0.15, -0.1) is 0 Å². The first-order valence-electron chi connectivity index (χ1n) is 6.65. The fourth-order valence-corrected chi connectivity index (χ4v) is 2.13. The Morgan fingerprint density at radius 1 is 1.05 bits per heavy atom. The van der Waals surface area contributed by atoms with Crippen LogP contribution in [-0.4, -0.2) is 0 Å². The molecule has 3 rings (SSSR count). The van der Waals surface area contributed by atoms with Crippen molar-refractivity contribution in [2.45, 2.75) is 20.1 Å². The lowest BCUT2D eigenvalue weighted by Gasteiger charge is -2.03. The summed E-state index contributed by atoms with van der Waals surface area (Å²) in [5.41, 5.74) is 8.82. The van der Waals surface area contributed by atoms with E-state index >= 15 is 0 Å². The average Bonchev–Trinajstić information content (AvgIpc) is 2.88. The second-order valence-electron chi connectivity index (χ2n) is 4.89. The van der Waals surface area contributed by atoms with Crippen molar-refractivity contribution in [3.63, 3.8) is 0 Å². The molecule has 0 fully saturated rings. The maximum atomic E-state index is 5.75. The van der Waals surface area contributed by atoms with Crippen LogP contribution in [0, 0.1) is 6.92 Å². The molecule has 3 nitrogen and oxygen atoms in total. The number of rotatable bonds is 4. The smallest absolute Gasteiger partial charge is 0.146 e. The zero-order chi connectivity index (χ0) is 13.9. The minimum Gasteiger partial charge on any atom is -0.486 e. The Balaban J connectivity index is 1.75. The molecule has 20 heavy (non-hydrogen) atoms. The van der Waals surface area contributed by atoms with Crippen molar-refractivity contribution in [1.29, 1.82) is 0 Å². The van der Waals surface area contributed by atoms with Gasteiger partial charge in [0.2, 0.25) is 0 Å². The van der Waals surface area contributed by atoms with Gasteiger partial charge in [0, 0.05) is 11.9 Å². The van der Waals surface area contributed by atoms with E-state index in [1.807, 2.05) is 48.5 Å². The van der Waals surface area contributed by atoms with Gasteiger partial charge in [0.25, 0.3) is 0 Å². The molecule has 0 bridgehead atoms. The number of ether oxygens (including phenoxy) is 1. The molecule has 0 atom stereocenters. The van der Waals surface area contributed by atoms with Crippen molar-refractivity contribution in [2.75, 3.05) is 0 Å². The summed E-state index contributed by atoms with van der Waals surface area (Å²) in [7, 11) is 0. The Kier molecular flexibility index (Phi) is 3.44. The maximum Gasteiger partial charge on any atom is 0.146 e. The topological polar surface area (TPSA) is 48.4 Å². The molecule has 0 aliphatic heterocycles. The SMILES string of the molecule is Cc1ccc(OCc2cc3cc(CN)ccc3o2)cc1. The van der Waals surface area contributed by atoms with Crippen LogP contribution in [0.4, 0.5) is 0 Å². The summed E-state index contributed by atoms with van der Waals surface area (Å²) in [6, 6.07) is 16.0. The minimum absolute atomic E-state index is 0.426. The second-order valence-corrected chi connectivity index (χ2v) is 4.89. The van der Waals surface area contributed by atoms with E-state index in [1.165, 1.54) is 5.56 Å². The highest BCUT2D eigenvalue weighted by Crippen LogP contribution is 2.22. The molecular formula is C17H17NO2. The lowest BCUT2D eigenvalue weighted by molar-refractivity contribution is 0.274. The number of furan rings is 1. The lowest BCUT2D eigenvalue weighted by Crippen LogP contribution is -1.94. The molecule has 0 unspecified atom stereocenters. The van der Waals surface area contributed by atoms with Gasteiger partial charge in [-0.05, 0) is 42.8 Å². The third-order valence-electron chi connectivity index (χ3n) is 3.27. The van der Waals surface area contributed by atoms with E-state index in [-0.39, 0.29) is 0 Å². The van der Waals surface area contributed by atoms with E-state index in [9.17, 15) is 0 Å². The minimum atomic E-state index is 0.426. The lowest BCUT2D eigenvalue weighted by atomic mass is 10.1. The Morgan fingerprint density at radius 2 is 1.85 bits per heavy atom. The van der Waals surface area contributed by atoms with E-state index < -0.39 is 0 Å². The summed E-state index contributed by atoms with van der Waals surface area (Å²) in [6.07, 6.45) is 0. The molecular weight excluding hydrogens is 250 g/mol. The number of hydrogen-bond acceptors (Lipinski definition) is 3. The van der Waals surface area contributed by atoms with Crippen LogP contribution in [0.2, 0.25) is 0 Å². The highest BCUT2D eigenvalue weighted by atomic mass is 16.5. The van der Waals surface area contributed by atoms with Crippen molar-refractivity contribution in [2.24, 2.45) is 5.73 Å². The van der Waals surface area contributed by atoms with Crippen molar-refractivity contribution in [1.82, 2.24) is 0 Å². The first-order chi connectivity index (χ1) is 9.74. The average molecular weight is 267 g/mol. The van der Waals surface area contributed by atoms with E-state index in [0.29, 0.717) is 13.2 Å². The van der Waals surface area contributed by atoms with Crippen LogP contribution in [-0.2, 0) is 13.2 Å². The normalized spacial score (nSPS) is 10.9. The molecule has 3 aromatic rings. The highest BCUT2D eigenvalue weighted by molar-refractivity contribution is 5.78. The largest absolute Gasteiger partial charge is 0.486 e. The number of hydrogen-bond donors (Lipinski definition) is 1. The Morgan fingerprint density at radius 3 is 2.60 bits per heavy atom. The van der Waals surface area contributed by atoms with Crippen LogP contribution in [0.1, 0.15) is 16.9 Å². The van der Waals surface area contributed by atoms with Gasteiger partial charge < -0.3 is 14.9 Å². The van der Waals surface area contributed by atoms with Crippen LogP contribution in [0.5, 0.6) is 5.75 Å². The van der Waals surface area contributed by atoms with E-state index in [4.69, 9.17) is 14.9 Å². The fourth-order valence-electron chi connectivity index (χ4n) is 2.13. The Bertz CT molecular complexity index is 713. The molecule has 0 amide bonds. The zero-order valence-corrected chi connectivity index (χ0v) is 11.4. The summed E-state index contributed by atoms with van der Waals surface area (Å²) >= 11 is 0. The number of nitrogens with two attached hydrogens (primary N) is 1. The summed E-state index contributed by atoms with van der Waals surface area (Å²) in [5, 5.41) is 1.07. The zero-order valence-electron chi connectivity index (χ0n) is 11.4. The first kappa shape index (κ1) is 12.8. The van der Waals surface area contributed by atoms with Gasteiger partial charge in [-0.2, -0.15) is 0 Å². The van der Waals surface area contributed by atoms with Gasteiger partial charge in [-0.3, -0.25) is 0 Å². The molecule has 1 aromatic heterocycles. The molecule has 0 aliphatic carbocycles. The second kappa shape index (κ2) is 5.39. The van der Waals surface area contributed by atoms with Crippen molar-refractivity contribution < 1.29 is 9.15 Å². The quantitative estimate of drug-likeness (QED) is 0.782. The van der Waals surface area contributed by atoms with Crippen molar-refractivity contribution in [3.8, 4) is 5.75 Å². The van der Waals surface area contributed by atoms with Gasteiger partial charge in [-0.1, -0.05) is 23.8 Å². The van der Waals surface area contributed by atoms with Crippen LogP contribution in [0.3, 0.4) is 0 Å². The van der Waals surface area contributed by atoms with Gasteiger partial charge >= 0.3 is 0 Å². The summed E-state index contributed by atoms with van der Waals surface area (Å²) in [4.78, 5) is 0. The summed E-state index contributed by atoms with van der Waals surface area (Å²) in [5.74, 6) is 1.66. The van der Waals surface area contributed by atoms with Gasteiger partial charge in [0.1, 0.15) is 23.7 Å². The standard InChI is InChI=1S/C17H17NO2/c1-12-2-5-15(6-3-12)19-11-16-9-14-8-13(10-18)4-7-17(14)20-16/h2-9H,10-11,18H2,1H3. The molecule has 3 heteroatoms. The predicted molar refractivity (Wildman–Crippen MR) is 79.6 cm³/mol. The maximum absolute atomic E-state index is 5.75. The van der Waals surface area contributed by atoms with Crippen LogP contribution < -0.4 is 10.5 Å². The molecule has 0 aliphatic rings. The number of fused-ring (bicyclic) bond motifs is 1. The van der Waals surface area contributed by atoms with Gasteiger partial charge in [-0.25, -0.2) is 0 Å². The van der Waals surface area contributed by atoms with Crippen molar-refractivity contribution >= 4 is 11.0 Å². The molecule has 0 saturated carbocycles. The van der Waals surface area contributed by atoms with Gasteiger partial charge in [0.05, 0.1) is 0 Å². The summed E-state index contributed by atoms with van der Waals surface area (Å²) < 4.78 is 11.5. The summed E-state index contributed by atoms with van der Waals surface area (Å²) in [6.45, 7) is 3.02. The Hall–Kier alpha value is -2.26. The Labute approximate surface area is 118 Å². The van der Waals surface area contributed by atoms with Gasteiger partial charge in [0.15, 0.2) is 0 Å². The van der Waals surface area contributed by atoms with Crippen LogP contribution in [0.25, 0.3) is 11.0 Å². The third kappa shape index (κ3) is 2.68. The molecule has 2 N–H and O–H groups in total. The number of aryl methyl sites for hydroxylation is 1. The van der Waals surface area contributed by atoms with Crippen molar-refractivity contribution in [3.05, 3.63) is 65.4 Å². The molecule has 0 saturated heterocycles. The fraction of sp³-hybridized carbons (Fsp3) is 0.176. The van der Waals surface area contributed by atoms with E-state index in [0.717, 1.165) is 28.0 Å². The first-order valence-corrected chi connectivity index (χ1v) is 6.65. The monoisotopic (exact) mass is 267 g/mol. The highest BCUT2D eigenvalue weighted by Gasteiger charge is 2.05. The van der Waals surface area contributed by atoms with E-state index in [2.05, 4.69) is 6.92 Å². The molecule has 102 valence electrons. The molecule has 2 aromatic carbocycles. The van der Waals surface area contributed by atoms with E-state index in [1.54, 1.807) is 0 Å². The third-order valence-corrected chi connectivity index (χ3v) is 3.27. The molecule has 0 radical (unpaired) electrons. The van der Waals surface area contributed by atoms with Crippen LogP contribution >= 0.6 is 0 Å². The predicted octanol–water partition coefficient (Wildman–Crippen LogP) is 3.78.